The number of aliphatic hydroxyl groups is 1. The second kappa shape index (κ2) is 14.8. The minimum atomic E-state index is -0.0153. The zero-order chi connectivity index (χ0) is 21.7. The third-order valence-corrected chi connectivity index (χ3v) is 7.88. The maximum atomic E-state index is 10.0. The Morgan fingerprint density at radius 1 is 0.931 bits per heavy atom. The molecule has 3 aliphatic rings. The standard InChI is InChI=1S/C20H36O.C5H12O.C2H6/c1-15-5-9-18(10-6-15)20(12-13-20)11-3-4-17-8-7-16(2)19(21)14-17;1-3-5-6-4-2;1-2/h15-19,21H,3-14H2,1-2H3;3-5H2,1-2H3;1-2H3. The lowest BCUT2D eigenvalue weighted by Gasteiger charge is -2.34. The van der Waals surface area contributed by atoms with Gasteiger partial charge in [0.2, 0.25) is 0 Å². The second-order valence-corrected chi connectivity index (χ2v) is 10.1. The van der Waals surface area contributed by atoms with E-state index in [9.17, 15) is 5.11 Å². The zero-order valence-electron chi connectivity index (χ0n) is 20.8. The summed E-state index contributed by atoms with van der Waals surface area (Å²) in [5.41, 5.74) is 0.778. The topological polar surface area (TPSA) is 29.5 Å². The molecule has 3 rings (SSSR count). The third kappa shape index (κ3) is 9.72. The van der Waals surface area contributed by atoms with Gasteiger partial charge in [-0.25, -0.2) is 0 Å². The van der Waals surface area contributed by atoms with Crippen LogP contribution in [0.25, 0.3) is 0 Å². The van der Waals surface area contributed by atoms with Crippen LogP contribution in [-0.4, -0.2) is 24.4 Å². The molecule has 2 nitrogen and oxygen atoms in total. The van der Waals surface area contributed by atoms with Gasteiger partial charge in [-0.1, -0.05) is 66.7 Å². The van der Waals surface area contributed by atoms with E-state index in [0.29, 0.717) is 5.92 Å². The van der Waals surface area contributed by atoms with E-state index < -0.39 is 0 Å². The van der Waals surface area contributed by atoms with Crippen LogP contribution < -0.4 is 0 Å². The zero-order valence-corrected chi connectivity index (χ0v) is 20.8. The highest BCUT2D eigenvalue weighted by atomic mass is 16.5. The van der Waals surface area contributed by atoms with Crippen molar-refractivity contribution < 1.29 is 9.84 Å². The minimum Gasteiger partial charge on any atom is -0.393 e. The van der Waals surface area contributed by atoms with Crippen molar-refractivity contribution in [2.75, 3.05) is 13.2 Å². The van der Waals surface area contributed by atoms with Crippen molar-refractivity contribution in [2.45, 2.75) is 131 Å². The van der Waals surface area contributed by atoms with E-state index in [1.807, 2.05) is 20.8 Å². The number of hydrogen-bond donors (Lipinski definition) is 1. The summed E-state index contributed by atoms with van der Waals surface area (Å²) in [6.45, 7) is 14.5. The summed E-state index contributed by atoms with van der Waals surface area (Å²) >= 11 is 0. The largest absolute Gasteiger partial charge is 0.393 e. The highest BCUT2D eigenvalue weighted by Gasteiger charge is 2.48. The maximum absolute atomic E-state index is 10.0. The monoisotopic (exact) mass is 410 g/mol. The van der Waals surface area contributed by atoms with Gasteiger partial charge >= 0.3 is 0 Å². The highest BCUT2D eigenvalue weighted by Crippen LogP contribution is 2.60. The normalized spacial score (nSPS) is 33.0. The van der Waals surface area contributed by atoms with Crippen LogP contribution in [0.15, 0.2) is 0 Å². The fourth-order valence-corrected chi connectivity index (χ4v) is 5.57. The predicted octanol–water partition coefficient (Wildman–Crippen LogP) is 8.02. The van der Waals surface area contributed by atoms with Gasteiger partial charge in [0, 0.05) is 13.2 Å². The average molecular weight is 411 g/mol. The quantitative estimate of drug-likeness (QED) is 0.410. The molecular formula is C27H54O2. The van der Waals surface area contributed by atoms with E-state index in [4.69, 9.17) is 4.74 Å². The van der Waals surface area contributed by atoms with Crippen molar-refractivity contribution in [3.63, 3.8) is 0 Å². The van der Waals surface area contributed by atoms with Gasteiger partial charge in [0.15, 0.2) is 0 Å². The summed E-state index contributed by atoms with van der Waals surface area (Å²) in [6, 6.07) is 0. The lowest BCUT2D eigenvalue weighted by Crippen LogP contribution is -2.27. The molecule has 1 N–H and O–H groups in total. The molecule has 0 aromatic rings. The smallest absolute Gasteiger partial charge is 0.0568 e. The van der Waals surface area contributed by atoms with Gasteiger partial charge in [-0.3, -0.25) is 0 Å². The molecular weight excluding hydrogens is 356 g/mol. The molecule has 0 radical (unpaired) electrons. The first-order valence-electron chi connectivity index (χ1n) is 13.3. The van der Waals surface area contributed by atoms with E-state index in [1.165, 1.54) is 70.6 Å². The molecule has 0 amide bonds. The van der Waals surface area contributed by atoms with E-state index in [2.05, 4.69) is 20.8 Å². The SMILES string of the molecule is CC.CC1CCC(C2(CCCC3CCC(C)C(O)C3)CC2)CC1.CCCOCC. The summed E-state index contributed by atoms with van der Waals surface area (Å²) in [4.78, 5) is 0. The molecule has 29 heavy (non-hydrogen) atoms. The molecule has 0 bridgehead atoms. The molecule has 0 heterocycles. The predicted molar refractivity (Wildman–Crippen MR) is 127 cm³/mol. The summed E-state index contributed by atoms with van der Waals surface area (Å²) < 4.78 is 4.98. The van der Waals surface area contributed by atoms with Crippen molar-refractivity contribution in [3.8, 4) is 0 Å². The molecule has 3 unspecified atom stereocenters. The van der Waals surface area contributed by atoms with E-state index in [1.54, 1.807) is 0 Å². The summed E-state index contributed by atoms with van der Waals surface area (Å²) in [5.74, 6) is 3.41. The molecule has 0 aromatic carbocycles. The first kappa shape index (κ1) is 27.0. The summed E-state index contributed by atoms with van der Waals surface area (Å²) in [7, 11) is 0. The van der Waals surface area contributed by atoms with Gasteiger partial charge in [-0.15, -0.1) is 0 Å². The number of hydrogen-bond acceptors (Lipinski definition) is 2. The van der Waals surface area contributed by atoms with Gasteiger partial charge in [-0.2, -0.15) is 0 Å². The van der Waals surface area contributed by atoms with Crippen molar-refractivity contribution in [2.24, 2.45) is 29.1 Å². The van der Waals surface area contributed by atoms with E-state index in [-0.39, 0.29) is 6.10 Å². The molecule has 0 aromatic heterocycles. The molecule has 2 heteroatoms. The van der Waals surface area contributed by atoms with Gasteiger partial charge in [0.1, 0.15) is 0 Å². The summed E-state index contributed by atoms with van der Waals surface area (Å²) in [5, 5.41) is 10.0. The van der Waals surface area contributed by atoms with Crippen molar-refractivity contribution in [3.05, 3.63) is 0 Å². The van der Waals surface area contributed by atoms with Crippen LogP contribution in [0.4, 0.5) is 0 Å². The highest BCUT2D eigenvalue weighted by molar-refractivity contribution is 4.99. The Hall–Kier alpha value is -0.0800. The molecule has 0 aliphatic heterocycles. The lowest BCUT2D eigenvalue weighted by atomic mass is 9.72. The van der Waals surface area contributed by atoms with Gasteiger partial charge < -0.3 is 9.84 Å². The Balaban J connectivity index is 0.000000454. The van der Waals surface area contributed by atoms with Crippen LogP contribution in [0.1, 0.15) is 125 Å². The van der Waals surface area contributed by atoms with Crippen molar-refractivity contribution >= 4 is 0 Å². The Bertz CT molecular complexity index is 378. The van der Waals surface area contributed by atoms with Crippen molar-refractivity contribution in [1.29, 1.82) is 0 Å². The molecule has 3 aliphatic carbocycles. The fourth-order valence-electron chi connectivity index (χ4n) is 5.57. The minimum absolute atomic E-state index is 0.0153. The Morgan fingerprint density at radius 2 is 1.59 bits per heavy atom. The van der Waals surface area contributed by atoms with Crippen LogP contribution in [0.2, 0.25) is 0 Å². The molecule has 3 saturated carbocycles. The Kier molecular flexibility index (Phi) is 13.8. The van der Waals surface area contributed by atoms with Crippen LogP contribution in [-0.2, 0) is 4.74 Å². The van der Waals surface area contributed by atoms with Crippen LogP contribution in [0.3, 0.4) is 0 Å². The first-order valence-corrected chi connectivity index (χ1v) is 13.3. The van der Waals surface area contributed by atoms with E-state index >= 15 is 0 Å². The van der Waals surface area contributed by atoms with Crippen LogP contribution >= 0.6 is 0 Å². The Morgan fingerprint density at radius 3 is 2.07 bits per heavy atom. The number of ether oxygens (including phenoxy) is 1. The molecule has 0 saturated heterocycles. The lowest BCUT2D eigenvalue weighted by molar-refractivity contribution is 0.0495. The summed E-state index contributed by atoms with van der Waals surface area (Å²) in [6.07, 6.45) is 18.2. The Labute approximate surface area is 183 Å². The molecule has 0 spiro atoms. The molecule has 3 fully saturated rings. The van der Waals surface area contributed by atoms with Gasteiger partial charge in [0.05, 0.1) is 6.10 Å². The first-order chi connectivity index (χ1) is 14.0. The third-order valence-electron chi connectivity index (χ3n) is 7.88. The van der Waals surface area contributed by atoms with E-state index in [0.717, 1.165) is 49.2 Å². The maximum Gasteiger partial charge on any atom is 0.0568 e. The van der Waals surface area contributed by atoms with Crippen LogP contribution in [0.5, 0.6) is 0 Å². The van der Waals surface area contributed by atoms with Crippen molar-refractivity contribution in [1.82, 2.24) is 0 Å². The van der Waals surface area contributed by atoms with Gasteiger partial charge in [0.25, 0.3) is 0 Å². The number of aliphatic hydroxyl groups excluding tert-OH is 1. The molecule has 3 atom stereocenters. The van der Waals surface area contributed by atoms with Crippen LogP contribution in [0, 0.1) is 29.1 Å². The van der Waals surface area contributed by atoms with Gasteiger partial charge in [-0.05, 0) is 87.4 Å². The second-order valence-electron chi connectivity index (χ2n) is 10.1. The average Bonchev–Trinajstić information content (AvgIpc) is 3.52. The fraction of sp³-hybridized carbons (Fsp3) is 1.00. The molecule has 174 valence electrons. The number of rotatable bonds is 8.